The molecule has 0 aliphatic heterocycles. The van der Waals surface area contributed by atoms with E-state index in [2.05, 4.69) is 28.9 Å². The number of nitrogens with one attached hydrogen (secondary N) is 1. The van der Waals surface area contributed by atoms with Crippen molar-refractivity contribution < 1.29 is 0 Å². The Bertz CT molecular complexity index is 597. The summed E-state index contributed by atoms with van der Waals surface area (Å²) in [6.07, 6.45) is 4.56. The molecule has 1 heterocycles. The van der Waals surface area contributed by atoms with Gasteiger partial charge < -0.3 is 5.32 Å². The van der Waals surface area contributed by atoms with Crippen LogP contribution in [0.4, 0.5) is 0 Å². The summed E-state index contributed by atoms with van der Waals surface area (Å²) in [5, 5.41) is 8.89. The molecular weight excluding hydrogens is 282 g/mol. The first kappa shape index (κ1) is 14.6. The van der Waals surface area contributed by atoms with Crippen LogP contribution in [-0.2, 0) is 6.54 Å². The fourth-order valence-corrected chi connectivity index (χ4v) is 2.73. The van der Waals surface area contributed by atoms with Gasteiger partial charge in [-0.25, -0.2) is 4.68 Å². The van der Waals surface area contributed by atoms with Crippen molar-refractivity contribution in [2.45, 2.75) is 39.2 Å². The van der Waals surface area contributed by atoms with Gasteiger partial charge in [-0.15, -0.1) is 0 Å². The van der Waals surface area contributed by atoms with Crippen LogP contribution in [-0.4, -0.2) is 16.3 Å². The third-order valence-corrected chi connectivity index (χ3v) is 4.04. The van der Waals surface area contributed by atoms with E-state index in [1.54, 1.807) is 0 Å². The van der Waals surface area contributed by atoms with Gasteiger partial charge in [0.15, 0.2) is 0 Å². The Morgan fingerprint density at radius 1 is 1.29 bits per heavy atom. The lowest BCUT2D eigenvalue weighted by Gasteiger charge is -2.11. The minimum absolute atomic E-state index is 0.666. The Balaban J connectivity index is 1.84. The van der Waals surface area contributed by atoms with Crippen molar-refractivity contribution in [3.8, 4) is 5.69 Å². The third kappa shape index (κ3) is 3.47. The number of halogens is 1. The number of rotatable bonds is 6. The minimum atomic E-state index is 0.666. The fraction of sp³-hybridized carbons (Fsp3) is 0.471. The normalized spacial score (nSPS) is 14.9. The number of nitrogens with zero attached hydrogens (tertiary/aromatic N) is 2. The lowest BCUT2D eigenvalue weighted by molar-refractivity contribution is 0.550. The summed E-state index contributed by atoms with van der Waals surface area (Å²) in [6, 6.07) is 7.91. The molecule has 21 heavy (non-hydrogen) atoms. The average molecular weight is 304 g/mol. The van der Waals surface area contributed by atoms with Crippen LogP contribution in [0.15, 0.2) is 30.5 Å². The zero-order valence-electron chi connectivity index (χ0n) is 12.6. The highest BCUT2D eigenvalue weighted by Gasteiger charge is 2.30. The summed E-state index contributed by atoms with van der Waals surface area (Å²) >= 11 is 5.98. The molecule has 1 aromatic carbocycles. The SMILES string of the molecule is CC(C)CNCc1cnn(-c2ccc(Cl)cc2)c1C1CC1. The zero-order chi connectivity index (χ0) is 14.8. The van der Waals surface area contributed by atoms with Crippen LogP contribution in [0.3, 0.4) is 0 Å². The lowest BCUT2D eigenvalue weighted by Crippen LogP contribution is -2.19. The molecule has 2 aromatic rings. The van der Waals surface area contributed by atoms with E-state index in [4.69, 9.17) is 11.6 Å². The lowest BCUT2D eigenvalue weighted by atomic mass is 10.1. The molecule has 1 N–H and O–H groups in total. The van der Waals surface area contributed by atoms with Gasteiger partial charge in [0.2, 0.25) is 0 Å². The molecule has 0 radical (unpaired) electrons. The van der Waals surface area contributed by atoms with E-state index in [1.165, 1.54) is 24.1 Å². The maximum Gasteiger partial charge on any atom is 0.0650 e. The molecule has 112 valence electrons. The second-order valence-electron chi connectivity index (χ2n) is 6.24. The van der Waals surface area contributed by atoms with Crippen molar-refractivity contribution in [3.05, 3.63) is 46.7 Å². The highest BCUT2D eigenvalue weighted by atomic mass is 35.5. The minimum Gasteiger partial charge on any atom is -0.312 e. The molecule has 3 rings (SSSR count). The molecule has 0 bridgehead atoms. The quantitative estimate of drug-likeness (QED) is 0.869. The summed E-state index contributed by atoms with van der Waals surface area (Å²) in [6.45, 7) is 6.39. The summed E-state index contributed by atoms with van der Waals surface area (Å²) < 4.78 is 2.08. The topological polar surface area (TPSA) is 29.9 Å². The summed E-state index contributed by atoms with van der Waals surface area (Å²) in [5.74, 6) is 1.33. The van der Waals surface area contributed by atoms with E-state index in [1.807, 2.05) is 30.5 Å². The van der Waals surface area contributed by atoms with E-state index in [-0.39, 0.29) is 0 Å². The Kier molecular flexibility index (Phi) is 4.32. The molecule has 0 saturated heterocycles. The van der Waals surface area contributed by atoms with E-state index in [0.717, 1.165) is 23.8 Å². The van der Waals surface area contributed by atoms with Gasteiger partial charge in [-0.2, -0.15) is 5.10 Å². The summed E-state index contributed by atoms with van der Waals surface area (Å²) in [7, 11) is 0. The maximum absolute atomic E-state index is 5.98. The predicted molar refractivity (Wildman–Crippen MR) is 87.1 cm³/mol. The molecule has 1 fully saturated rings. The van der Waals surface area contributed by atoms with Gasteiger partial charge in [-0.1, -0.05) is 25.4 Å². The Hall–Kier alpha value is -1.32. The maximum atomic E-state index is 5.98. The van der Waals surface area contributed by atoms with E-state index >= 15 is 0 Å². The van der Waals surface area contributed by atoms with Gasteiger partial charge >= 0.3 is 0 Å². The van der Waals surface area contributed by atoms with Crippen molar-refractivity contribution >= 4 is 11.6 Å². The zero-order valence-corrected chi connectivity index (χ0v) is 13.4. The second-order valence-corrected chi connectivity index (χ2v) is 6.68. The molecule has 0 atom stereocenters. The Morgan fingerprint density at radius 3 is 2.62 bits per heavy atom. The van der Waals surface area contributed by atoms with Gasteiger partial charge in [-0.05, 0) is 49.6 Å². The largest absolute Gasteiger partial charge is 0.312 e. The van der Waals surface area contributed by atoms with Gasteiger partial charge in [0.1, 0.15) is 0 Å². The molecular formula is C17H22ClN3. The molecule has 1 saturated carbocycles. The van der Waals surface area contributed by atoms with Crippen LogP contribution >= 0.6 is 11.6 Å². The first-order valence-corrected chi connectivity index (χ1v) is 8.06. The smallest absolute Gasteiger partial charge is 0.0650 e. The van der Waals surface area contributed by atoms with Crippen molar-refractivity contribution in [1.29, 1.82) is 0 Å². The summed E-state index contributed by atoms with van der Waals surface area (Å²) in [5.41, 5.74) is 3.79. The van der Waals surface area contributed by atoms with Crippen molar-refractivity contribution in [3.63, 3.8) is 0 Å². The highest BCUT2D eigenvalue weighted by molar-refractivity contribution is 6.30. The van der Waals surface area contributed by atoms with E-state index in [9.17, 15) is 0 Å². The van der Waals surface area contributed by atoms with Gasteiger partial charge in [0.05, 0.1) is 17.6 Å². The van der Waals surface area contributed by atoms with Crippen molar-refractivity contribution in [1.82, 2.24) is 15.1 Å². The molecule has 3 nitrogen and oxygen atoms in total. The van der Waals surface area contributed by atoms with Crippen LogP contribution in [0.25, 0.3) is 5.69 Å². The van der Waals surface area contributed by atoms with Crippen LogP contribution < -0.4 is 5.32 Å². The predicted octanol–water partition coefficient (Wildman–Crippen LogP) is 4.15. The number of benzene rings is 1. The van der Waals surface area contributed by atoms with Crippen molar-refractivity contribution in [2.75, 3.05) is 6.54 Å². The molecule has 0 unspecified atom stereocenters. The van der Waals surface area contributed by atoms with E-state index in [0.29, 0.717) is 11.8 Å². The number of hydrogen-bond donors (Lipinski definition) is 1. The molecule has 1 aliphatic carbocycles. The summed E-state index contributed by atoms with van der Waals surface area (Å²) in [4.78, 5) is 0. The van der Waals surface area contributed by atoms with E-state index < -0.39 is 0 Å². The van der Waals surface area contributed by atoms with Crippen LogP contribution in [0.2, 0.25) is 5.02 Å². The van der Waals surface area contributed by atoms with Crippen LogP contribution in [0, 0.1) is 5.92 Å². The van der Waals surface area contributed by atoms with Crippen molar-refractivity contribution in [2.24, 2.45) is 5.92 Å². The standard InChI is InChI=1S/C17H22ClN3/c1-12(2)9-19-10-14-11-20-21(17(14)13-3-4-13)16-7-5-15(18)6-8-16/h5-8,11-13,19H,3-4,9-10H2,1-2H3. The average Bonchev–Trinajstić information content (AvgIpc) is 3.21. The van der Waals surface area contributed by atoms with Gasteiger partial charge in [-0.3, -0.25) is 0 Å². The van der Waals surface area contributed by atoms with Gasteiger partial charge in [0.25, 0.3) is 0 Å². The monoisotopic (exact) mass is 303 g/mol. The second kappa shape index (κ2) is 6.20. The fourth-order valence-electron chi connectivity index (χ4n) is 2.60. The number of aromatic nitrogens is 2. The number of hydrogen-bond acceptors (Lipinski definition) is 2. The molecule has 1 aromatic heterocycles. The molecule has 0 amide bonds. The third-order valence-electron chi connectivity index (χ3n) is 3.79. The first-order valence-electron chi connectivity index (χ1n) is 7.68. The Morgan fingerprint density at radius 2 is 2.00 bits per heavy atom. The molecule has 1 aliphatic rings. The highest BCUT2D eigenvalue weighted by Crippen LogP contribution is 2.42. The molecule has 0 spiro atoms. The van der Waals surface area contributed by atoms with Crippen LogP contribution in [0.1, 0.15) is 43.9 Å². The Labute approximate surface area is 131 Å². The van der Waals surface area contributed by atoms with Crippen LogP contribution in [0.5, 0.6) is 0 Å². The van der Waals surface area contributed by atoms with Gasteiger partial charge in [0, 0.05) is 23.0 Å². The molecule has 4 heteroatoms. The first-order chi connectivity index (χ1) is 10.1.